The van der Waals surface area contributed by atoms with Crippen LogP contribution in [-0.4, -0.2) is 36.4 Å². The molecule has 32 heavy (non-hydrogen) atoms. The van der Waals surface area contributed by atoms with Crippen LogP contribution in [0.4, 0.5) is 14.9 Å². The first-order valence-electron chi connectivity index (χ1n) is 10.6. The Labute approximate surface area is 184 Å². The highest BCUT2D eigenvalue weighted by Gasteiger charge is 2.33. The van der Waals surface area contributed by atoms with E-state index in [4.69, 9.17) is 9.26 Å². The highest BCUT2D eigenvalue weighted by atomic mass is 19.1. The fourth-order valence-electron chi connectivity index (χ4n) is 4.30. The van der Waals surface area contributed by atoms with E-state index in [9.17, 15) is 14.0 Å². The number of carbonyl (C=O) groups excluding carboxylic acids is 2. The topological polar surface area (TPSA) is 84.7 Å². The van der Waals surface area contributed by atoms with Crippen LogP contribution in [0.15, 0.2) is 47.0 Å². The van der Waals surface area contributed by atoms with Crippen molar-refractivity contribution >= 4 is 17.7 Å². The Morgan fingerprint density at radius 1 is 1.22 bits per heavy atom. The standard InChI is InChI=1S/C24H22FN3O4/c1-14(29)26-12-19-13-28(24(30)31-19)18-10-7-15-3-2-4-20-22(16-5-8-17(25)9-6-16)27-32-23(20)21(15)11-18/h5-11,19H,2-4,12-13H2,1H3,(H,26,29)/t19-/m0/s1. The largest absolute Gasteiger partial charge is 0.442 e. The first kappa shape index (κ1) is 20.2. The molecule has 1 N–H and O–H groups in total. The maximum Gasteiger partial charge on any atom is 0.414 e. The van der Waals surface area contributed by atoms with E-state index in [0.29, 0.717) is 23.7 Å². The molecular formula is C24H22FN3O4. The summed E-state index contributed by atoms with van der Waals surface area (Å²) in [6, 6.07) is 12.1. The lowest BCUT2D eigenvalue weighted by Crippen LogP contribution is -2.33. The van der Waals surface area contributed by atoms with Gasteiger partial charge in [0.2, 0.25) is 5.91 Å². The van der Waals surface area contributed by atoms with Crippen LogP contribution in [-0.2, 0) is 22.4 Å². The summed E-state index contributed by atoms with van der Waals surface area (Å²) >= 11 is 0. The Hall–Kier alpha value is -3.68. The molecule has 0 unspecified atom stereocenters. The van der Waals surface area contributed by atoms with Crippen molar-refractivity contribution in [1.29, 1.82) is 0 Å². The molecule has 1 fully saturated rings. The lowest BCUT2D eigenvalue weighted by molar-refractivity contribution is -0.119. The molecule has 2 aromatic carbocycles. The molecule has 2 amide bonds. The van der Waals surface area contributed by atoms with Gasteiger partial charge in [0.1, 0.15) is 17.6 Å². The monoisotopic (exact) mass is 435 g/mol. The molecule has 1 saturated heterocycles. The molecule has 1 aliphatic heterocycles. The van der Waals surface area contributed by atoms with E-state index in [0.717, 1.165) is 41.5 Å². The molecule has 0 bridgehead atoms. The number of cyclic esters (lactones) is 1. The predicted octanol–water partition coefficient (Wildman–Crippen LogP) is 4.10. The normalized spacial score (nSPS) is 17.4. The second-order valence-electron chi connectivity index (χ2n) is 8.09. The van der Waals surface area contributed by atoms with E-state index in [1.165, 1.54) is 19.1 Å². The van der Waals surface area contributed by atoms with E-state index in [2.05, 4.69) is 10.5 Å². The van der Waals surface area contributed by atoms with Crippen LogP contribution in [0.1, 0.15) is 24.5 Å². The number of nitrogens with zero attached hydrogens (tertiary/aromatic N) is 2. The minimum absolute atomic E-state index is 0.167. The Balaban J connectivity index is 1.48. The van der Waals surface area contributed by atoms with Crippen LogP contribution >= 0.6 is 0 Å². The summed E-state index contributed by atoms with van der Waals surface area (Å²) in [5.41, 5.74) is 5.23. The van der Waals surface area contributed by atoms with Gasteiger partial charge >= 0.3 is 6.09 Å². The molecule has 1 atom stereocenters. The van der Waals surface area contributed by atoms with Crippen LogP contribution in [0.3, 0.4) is 0 Å². The number of halogens is 1. The summed E-state index contributed by atoms with van der Waals surface area (Å²) in [4.78, 5) is 25.2. The van der Waals surface area contributed by atoms with Crippen molar-refractivity contribution < 1.29 is 23.2 Å². The molecule has 1 aliphatic carbocycles. The van der Waals surface area contributed by atoms with Gasteiger partial charge in [0.25, 0.3) is 0 Å². The number of hydrogen-bond acceptors (Lipinski definition) is 5. The van der Waals surface area contributed by atoms with Crippen molar-refractivity contribution in [3.05, 3.63) is 59.4 Å². The molecule has 2 aliphatic rings. The van der Waals surface area contributed by atoms with E-state index < -0.39 is 12.2 Å². The molecule has 3 aromatic rings. The number of ether oxygens (including phenoxy) is 1. The Bertz CT molecular complexity index is 1190. The Morgan fingerprint density at radius 3 is 2.81 bits per heavy atom. The zero-order chi connectivity index (χ0) is 22.2. The third-order valence-corrected chi connectivity index (χ3v) is 5.88. The number of aromatic nitrogens is 1. The number of aryl methyl sites for hydroxylation is 1. The van der Waals surface area contributed by atoms with Gasteiger partial charge in [-0.05, 0) is 61.2 Å². The van der Waals surface area contributed by atoms with Gasteiger partial charge in [0.15, 0.2) is 5.76 Å². The molecule has 0 saturated carbocycles. The first-order valence-corrected chi connectivity index (χ1v) is 10.6. The summed E-state index contributed by atoms with van der Waals surface area (Å²) in [5, 5.41) is 6.97. The van der Waals surface area contributed by atoms with Gasteiger partial charge in [-0.25, -0.2) is 9.18 Å². The molecule has 0 radical (unpaired) electrons. The number of amides is 2. The van der Waals surface area contributed by atoms with E-state index in [1.807, 2.05) is 18.2 Å². The summed E-state index contributed by atoms with van der Waals surface area (Å²) in [6.45, 7) is 2.05. The van der Waals surface area contributed by atoms with Gasteiger partial charge in [-0.15, -0.1) is 0 Å². The number of nitrogens with one attached hydrogen (secondary N) is 1. The van der Waals surface area contributed by atoms with Gasteiger partial charge in [-0.1, -0.05) is 11.2 Å². The number of fused-ring (bicyclic) bond motifs is 3. The average molecular weight is 435 g/mol. The lowest BCUT2D eigenvalue weighted by atomic mass is 9.99. The predicted molar refractivity (Wildman–Crippen MR) is 116 cm³/mol. The summed E-state index contributed by atoms with van der Waals surface area (Å²) in [5.74, 6) is 0.216. The Morgan fingerprint density at radius 2 is 2.03 bits per heavy atom. The van der Waals surface area contributed by atoms with Crippen molar-refractivity contribution in [3.8, 4) is 22.6 Å². The van der Waals surface area contributed by atoms with Gasteiger partial charge in [0.05, 0.1) is 13.1 Å². The molecular weight excluding hydrogens is 413 g/mol. The molecule has 5 rings (SSSR count). The zero-order valence-corrected chi connectivity index (χ0v) is 17.6. The minimum atomic E-state index is -0.446. The fourth-order valence-corrected chi connectivity index (χ4v) is 4.30. The van der Waals surface area contributed by atoms with Crippen LogP contribution in [0, 0.1) is 5.82 Å². The van der Waals surface area contributed by atoms with Gasteiger partial charge < -0.3 is 14.6 Å². The quantitative estimate of drug-likeness (QED) is 0.667. The SMILES string of the molecule is CC(=O)NC[C@H]1CN(c2ccc3c(c2)-c2onc(-c4ccc(F)cc4)c2CCC3)C(=O)O1. The summed E-state index contributed by atoms with van der Waals surface area (Å²) < 4.78 is 24.5. The third-order valence-electron chi connectivity index (χ3n) is 5.88. The van der Waals surface area contributed by atoms with Crippen LogP contribution in [0.2, 0.25) is 0 Å². The fraction of sp³-hybridized carbons (Fsp3) is 0.292. The van der Waals surface area contributed by atoms with Gasteiger partial charge in [-0.3, -0.25) is 9.69 Å². The molecule has 7 nitrogen and oxygen atoms in total. The number of benzene rings is 2. The molecule has 164 valence electrons. The molecule has 8 heteroatoms. The van der Waals surface area contributed by atoms with E-state index in [-0.39, 0.29) is 18.3 Å². The molecule has 2 heterocycles. The van der Waals surface area contributed by atoms with Gasteiger partial charge in [0, 0.05) is 29.3 Å². The summed E-state index contributed by atoms with van der Waals surface area (Å²) in [6.07, 6.45) is 1.74. The number of hydrogen-bond donors (Lipinski definition) is 1. The van der Waals surface area contributed by atoms with Gasteiger partial charge in [-0.2, -0.15) is 0 Å². The molecule has 0 spiro atoms. The number of rotatable bonds is 4. The van der Waals surface area contributed by atoms with Crippen molar-refractivity contribution in [2.24, 2.45) is 0 Å². The highest BCUT2D eigenvalue weighted by molar-refractivity contribution is 5.91. The maximum atomic E-state index is 13.4. The van der Waals surface area contributed by atoms with E-state index in [1.54, 1.807) is 17.0 Å². The third kappa shape index (κ3) is 3.72. The summed E-state index contributed by atoms with van der Waals surface area (Å²) in [7, 11) is 0. The minimum Gasteiger partial charge on any atom is -0.442 e. The van der Waals surface area contributed by atoms with Crippen molar-refractivity contribution in [3.63, 3.8) is 0 Å². The van der Waals surface area contributed by atoms with Crippen molar-refractivity contribution in [1.82, 2.24) is 10.5 Å². The maximum absolute atomic E-state index is 13.4. The van der Waals surface area contributed by atoms with Crippen LogP contribution in [0.25, 0.3) is 22.6 Å². The average Bonchev–Trinajstić information content (AvgIpc) is 3.31. The number of carbonyl (C=O) groups is 2. The zero-order valence-electron chi connectivity index (χ0n) is 17.6. The highest BCUT2D eigenvalue weighted by Crippen LogP contribution is 2.40. The van der Waals surface area contributed by atoms with Crippen molar-refractivity contribution in [2.75, 3.05) is 18.0 Å². The second kappa shape index (κ2) is 8.11. The first-order chi connectivity index (χ1) is 15.5. The number of anilines is 1. The Kier molecular flexibility index (Phi) is 5.13. The second-order valence-corrected chi connectivity index (χ2v) is 8.09. The molecule has 1 aromatic heterocycles. The van der Waals surface area contributed by atoms with Crippen LogP contribution in [0.5, 0.6) is 0 Å². The lowest BCUT2D eigenvalue weighted by Gasteiger charge is -2.15. The van der Waals surface area contributed by atoms with Crippen LogP contribution < -0.4 is 10.2 Å². The van der Waals surface area contributed by atoms with E-state index >= 15 is 0 Å². The van der Waals surface area contributed by atoms with Crippen molar-refractivity contribution in [2.45, 2.75) is 32.3 Å². The smallest absolute Gasteiger partial charge is 0.414 e.